The number of nitrogens with zero attached hydrogens (tertiary/aromatic N) is 1. The number of anilines is 1. The van der Waals surface area contributed by atoms with E-state index in [-0.39, 0.29) is 0 Å². The van der Waals surface area contributed by atoms with Crippen LogP contribution >= 0.6 is 0 Å². The van der Waals surface area contributed by atoms with Crippen molar-refractivity contribution in [3.8, 4) is 0 Å². The molecule has 2 bridgehead atoms. The van der Waals surface area contributed by atoms with Crippen LogP contribution in [-0.4, -0.2) is 16.8 Å². The minimum atomic E-state index is 0.301. The summed E-state index contributed by atoms with van der Waals surface area (Å²) >= 11 is 0. The van der Waals surface area contributed by atoms with Crippen molar-refractivity contribution in [2.45, 2.75) is 31.8 Å². The van der Waals surface area contributed by atoms with Gasteiger partial charge in [0, 0.05) is 24.2 Å². The molecule has 0 spiro atoms. The van der Waals surface area contributed by atoms with Crippen LogP contribution in [0.3, 0.4) is 0 Å². The number of rotatable bonds is 2. The van der Waals surface area contributed by atoms with Gasteiger partial charge in [-0.3, -0.25) is 4.79 Å². The summed E-state index contributed by atoms with van der Waals surface area (Å²) < 4.78 is 0. The lowest BCUT2D eigenvalue weighted by Gasteiger charge is -2.27. The van der Waals surface area contributed by atoms with E-state index in [1.54, 1.807) is 0 Å². The number of fused-ring (bicyclic) bond motifs is 2. The summed E-state index contributed by atoms with van der Waals surface area (Å²) in [6.07, 6.45) is 3.32. The second-order valence-corrected chi connectivity index (χ2v) is 4.83. The molecule has 1 saturated carbocycles. The normalized spacial score (nSPS) is 27.8. The van der Waals surface area contributed by atoms with Crippen molar-refractivity contribution in [3.63, 3.8) is 0 Å². The van der Waals surface area contributed by atoms with Crippen LogP contribution in [0.15, 0.2) is 24.3 Å². The Bertz CT molecular complexity index is 430. The molecule has 1 aliphatic heterocycles. The third-order valence-electron chi connectivity index (χ3n) is 3.87. The van der Waals surface area contributed by atoms with E-state index in [0.29, 0.717) is 24.4 Å². The average molecular weight is 216 g/mol. The van der Waals surface area contributed by atoms with Gasteiger partial charge in [-0.05, 0) is 30.9 Å². The van der Waals surface area contributed by atoms with Crippen LogP contribution in [0.1, 0.15) is 24.8 Å². The zero-order chi connectivity index (χ0) is 11.1. The van der Waals surface area contributed by atoms with Crippen LogP contribution in [0.25, 0.3) is 0 Å². The summed E-state index contributed by atoms with van der Waals surface area (Å²) in [7, 11) is 0. The van der Waals surface area contributed by atoms with Gasteiger partial charge in [-0.2, -0.15) is 0 Å². The molecule has 2 fully saturated rings. The van der Waals surface area contributed by atoms with Crippen molar-refractivity contribution >= 4 is 11.6 Å². The SMILES string of the molecule is Nc1ccccc1CN1C(=O)C2CCC1C2. The molecule has 16 heavy (non-hydrogen) atoms. The van der Waals surface area contributed by atoms with E-state index in [1.807, 2.05) is 29.2 Å². The predicted octanol–water partition coefficient (Wildman–Crippen LogP) is 1.78. The molecule has 1 saturated heterocycles. The Labute approximate surface area is 95.2 Å². The molecule has 2 unspecified atom stereocenters. The Hall–Kier alpha value is -1.51. The molecule has 1 aromatic carbocycles. The molecule has 3 nitrogen and oxygen atoms in total. The maximum Gasteiger partial charge on any atom is 0.226 e. The zero-order valence-corrected chi connectivity index (χ0v) is 9.23. The second kappa shape index (κ2) is 3.51. The van der Waals surface area contributed by atoms with Gasteiger partial charge in [-0.15, -0.1) is 0 Å². The fourth-order valence-electron chi connectivity index (χ4n) is 2.95. The van der Waals surface area contributed by atoms with Crippen molar-refractivity contribution in [2.75, 3.05) is 5.73 Å². The molecular weight excluding hydrogens is 200 g/mol. The second-order valence-electron chi connectivity index (χ2n) is 4.83. The molecule has 2 atom stereocenters. The van der Waals surface area contributed by atoms with Gasteiger partial charge in [-0.25, -0.2) is 0 Å². The Morgan fingerprint density at radius 2 is 2.12 bits per heavy atom. The van der Waals surface area contributed by atoms with E-state index < -0.39 is 0 Å². The molecule has 3 heteroatoms. The third-order valence-corrected chi connectivity index (χ3v) is 3.87. The topological polar surface area (TPSA) is 46.3 Å². The molecule has 1 amide bonds. The van der Waals surface area contributed by atoms with E-state index in [9.17, 15) is 4.79 Å². The maximum absolute atomic E-state index is 12.0. The number of hydrogen-bond donors (Lipinski definition) is 1. The first-order chi connectivity index (χ1) is 7.75. The first kappa shape index (κ1) is 9.70. The lowest BCUT2D eigenvalue weighted by molar-refractivity contribution is -0.134. The van der Waals surface area contributed by atoms with Crippen molar-refractivity contribution in [3.05, 3.63) is 29.8 Å². The van der Waals surface area contributed by atoms with Gasteiger partial charge < -0.3 is 10.6 Å². The van der Waals surface area contributed by atoms with Crippen LogP contribution in [0.5, 0.6) is 0 Å². The monoisotopic (exact) mass is 216 g/mol. The molecular formula is C13H16N2O. The fraction of sp³-hybridized carbons (Fsp3) is 0.462. The number of hydrogen-bond acceptors (Lipinski definition) is 2. The predicted molar refractivity (Wildman–Crippen MR) is 62.5 cm³/mol. The number of para-hydroxylation sites is 1. The Morgan fingerprint density at radius 1 is 1.31 bits per heavy atom. The quantitative estimate of drug-likeness (QED) is 0.766. The van der Waals surface area contributed by atoms with Gasteiger partial charge in [0.15, 0.2) is 0 Å². The van der Waals surface area contributed by atoms with E-state index in [1.165, 1.54) is 6.42 Å². The fourth-order valence-corrected chi connectivity index (χ4v) is 2.95. The minimum absolute atomic E-state index is 0.301. The maximum atomic E-state index is 12.0. The summed E-state index contributed by atoms with van der Waals surface area (Å²) in [4.78, 5) is 14.0. The van der Waals surface area contributed by atoms with Gasteiger partial charge in [-0.1, -0.05) is 18.2 Å². The van der Waals surface area contributed by atoms with E-state index in [4.69, 9.17) is 5.73 Å². The highest BCUT2D eigenvalue weighted by Gasteiger charge is 2.44. The summed E-state index contributed by atoms with van der Waals surface area (Å²) in [6.45, 7) is 0.687. The summed E-state index contributed by atoms with van der Waals surface area (Å²) in [5.74, 6) is 0.634. The van der Waals surface area contributed by atoms with Crippen LogP contribution in [0.2, 0.25) is 0 Å². The van der Waals surface area contributed by atoms with Gasteiger partial charge in [0.05, 0.1) is 0 Å². The summed E-state index contributed by atoms with van der Waals surface area (Å²) in [5.41, 5.74) is 7.77. The first-order valence-electron chi connectivity index (χ1n) is 5.89. The summed E-state index contributed by atoms with van der Waals surface area (Å²) in [6, 6.07) is 8.28. The number of nitrogens with two attached hydrogens (primary N) is 1. The zero-order valence-electron chi connectivity index (χ0n) is 9.23. The first-order valence-corrected chi connectivity index (χ1v) is 5.89. The van der Waals surface area contributed by atoms with Gasteiger partial charge in [0.25, 0.3) is 0 Å². The van der Waals surface area contributed by atoms with Gasteiger partial charge in [0.2, 0.25) is 5.91 Å². The smallest absolute Gasteiger partial charge is 0.226 e. The largest absolute Gasteiger partial charge is 0.398 e. The lowest BCUT2D eigenvalue weighted by Crippen LogP contribution is -2.36. The molecule has 1 aliphatic carbocycles. The van der Waals surface area contributed by atoms with Crippen molar-refractivity contribution < 1.29 is 4.79 Å². The lowest BCUT2D eigenvalue weighted by atomic mass is 10.1. The van der Waals surface area contributed by atoms with Gasteiger partial charge in [0.1, 0.15) is 0 Å². The Balaban J connectivity index is 1.81. The van der Waals surface area contributed by atoms with E-state index in [0.717, 1.165) is 24.1 Å². The Kier molecular flexibility index (Phi) is 2.13. The minimum Gasteiger partial charge on any atom is -0.398 e. The van der Waals surface area contributed by atoms with E-state index in [2.05, 4.69) is 0 Å². The van der Waals surface area contributed by atoms with E-state index >= 15 is 0 Å². The number of likely N-dealkylation sites (tertiary alicyclic amines) is 1. The summed E-state index contributed by atoms with van der Waals surface area (Å²) in [5, 5.41) is 0. The molecule has 0 radical (unpaired) electrons. The van der Waals surface area contributed by atoms with Gasteiger partial charge >= 0.3 is 0 Å². The number of piperidine rings is 1. The molecule has 1 aromatic rings. The molecule has 3 rings (SSSR count). The van der Waals surface area contributed by atoms with Crippen LogP contribution in [-0.2, 0) is 11.3 Å². The highest BCUT2D eigenvalue weighted by molar-refractivity contribution is 5.82. The third kappa shape index (κ3) is 1.39. The standard InChI is InChI=1S/C13H16N2O/c14-12-4-2-1-3-10(12)8-15-11-6-5-9(7-11)13(15)16/h1-4,9,11H,5-8,14H2. The van der Waals surface area contributed by atoms with Crippen molar-refractivity contribution in [1.82, 2.24) is 4.90 Å². The molecule has 84 valence electrons. The Morgan fingerprint density at radius 3 is 2.81 bits per heavy atom. The number of nitrogen functional groups attached to an aromatic ring is 1. The van der Waals surface area contributed by atoms with Crippen molar-refractivity contribution in [2.24, 2.45) is 5.92 Å². The molecule has 2 N–H and O–H groups in total. The number of benzene rings is 1. The number of carbonyl (C=O) groups is 1. The number of amides is 1. The van der Waals surface area contributed by atoms with Crippen LogP contribution in [0.4, 0.5) is 5.69 Å². The van der Waals surface area contributed by atoms with Crippen LogP contribution in [0, 0.1) is 5.92 Å². The molecule has 1 heterocycles. The van der Waals surface area contributed by atoms with Crippen molar-refractivity contribution in [1.29, 1.82) is 0 Å². The van der Waals surface area contributed by atoms with Crippen LogP contribution < -0.4 is 5.73 Å². The highest BCUT2D eigenvalue weighted by atomic mass is 16.2. The highest BCUT2D eigenvalue weighted by Crippen LogP contribution is 2.39. The molecule has 0 aromatic heterocycles. The number of carbonyl (C=O) groups excluding carboxylic acids is 1. The molecule has 2 aliphatic rings. The average Bonchev–Trinajstić information content (AvgIpc) is 2.85.